The molecule has 2 aromatic rings. The molecule has 3 rings (SSSR count). The van der Waals surface area contributed by atoms with E-state index in [1.54, 1.807) is 0 Å². The van der Waals surface area contributed by atoms with Crippen LogP contribution in [0.5, 0.6) is 0 Å². The highest BCUT2D eigenvalue weighted by Crippen LogP contribution is 2.37. The van der Waals surface area contributed by atoms with Gasteiger partial charge in [0.05, 0.1) is 6.04 Å². The Morgan fingerprint density at radius 3 is 2.68 bits per heavy atom. The van der Waals surface area contributed by atoms with E-state index in [-0.39, 0.29) is 0 Å². The molecule has 0 radical (unpaired) electrons. The molecule has 0 fully saturated rings. The van der Waals surface area contributed by atoms with E-state index in [1.165, 1.54) is 33.9 Å². The minimum Gasteiger partial charge on any atom is -0.378 e. The van der Waals surface area contributed by atoms with Gasteiger partial charge < -0.3 is 5.32 Å². The van der Waals surface area contributed by atoms with E-state index < -0.39 is 0 Å². The average molecular weight is 269 g/mol. The third-order valence-electron chi connectivity index (χ3n) is 3.66. The molecule has 1 N–H and O–H groups in total. The first-order valence-electron chi connectivity index (χ1n) is 6.94. The van der Waals surface area contributed by atoms with Gasteiger partial charge >= 0.3 is 0 Å². The molecular weight excluding hydrogens is 250 g/mol. The summed E-state index contributed by atoms with van der Waals surface area (Å²) in [5, 5.41) is 3.68. The van der Waals surface area contributed by atoms with Crippen molar-refractivity contribution in [3.05, 3.63) is 59.7 Å². The van der Waals surface area contributed by atoms with E-state index in [0.29, 0.717) is 6.04 Å². The topological polar surface area (TPSA) is 12.0 Å². The fraction of sp³-hybridized carbons (Fsp3) is 0.294. The quantitative estimate of drug-likeness (QED) is 0.850. The second-order valence-corrected chi connectivity index (χ2v) is 6.06. The van der Waals surface area contributed by atoms with E-state index >= 15 is 0 Å². The summed E-state index contributed by atoms with van der Waals surface area (Å²) in [4.78, 5) is 1.43. The average Bonchev–Trinajstić information content (AvgIpc) is 2.48. The van der Waals surface area contributed by atoms with Gasteiger partial charge in [0.2, 0.25) is 0 Å². The maximum atomic E-state index is 3.68. The van der Waals surface area contributed by atoms with Crippen LogP contribution in [-0.2, 0) is 6.42 Å². The summed E-state index contributed by atoms with van der Waals surface area (Å²) in [6.07, 6.45) is 2.29. The molecule has 0 saturated heterocycles. The van der Waals surface area contributed by atoms with E-state index in [4.69, 9.17) is 0 Å². The SMILES string of the molecule is CCc1ccc(NC2CCSc3ccccc32)cc1. The second kappa shape index (κ2) is 5.70. The molecule has 0 amide bonds. The molecular formula is C17H19NS. The number of nitrogens with one attached hydrogen (secondary N) is 1. The van der Waals surface area contributed by atoms with Crippen molar-refractivity contribution in [1.82, 2.24) is 0 Å². The molecule has 2 heteroatoms. The molecule has 1 nitrogen and oxygen atoms in total. The first kappa shape index (κ1) is 12.6. The molecule has 1 atom stereocenters. The zero-order valence-corrected chi connectivity index (χ0v) is 12.0. The fourth-order valence-corrected chi connectivity index (χ4v) is 3.66. The van der Waals surface area contributed by atoms with Crippen LogP contribution in [-0.4, -0.2) is 5.75 Å². The lowest BCUT2D eigenvalue weighted by molar-refractivity contribution is 0.728. The Hall–Kier alpha value is -1.41. The highest BCUT2D eigenvalue weighted by molar-refractivity contribution is 7.99. The van der Waals surface area contributed by atoms with Gasteiger partial charge in [0.1, 0.15) is 0 Å². The minimum atomic E-state index is 0.449. The van der Waals surface area contributed by atoms with Crippen molar-refractivity contribution in [2.45, 2.75) is 30.7 Å². The Morgan fingerprint density at radius 2 is 1.89 bits per heavy atom. The van der Waals surface area contributed by atoms with Crippen LogP contribution in [0.3, 0.4) is 0 Å². The van der Waals surface area contributed by atoms with E-state index in [9.17, 15) is 0 Å². The number of thioether (sulfide) groups is 1. The molecule has 0 aromatic heterocycles. The van der Waals surface area contributed by atoms with Gasteiger partial charge in [-0.05, 0) is 42.2 Å². The number of fused-ring (bicyclic) bond motifs is 1. The normalized spacial score (nSPS) is 17.8. The Kier molecular flexibility index (Phi) is 3.79. The van der Waals surface area contributed by atoms with Crippen molar-refractivity contribution < 1.29 is 0 Å². The van der Waals surface area contributed by atoms with Crippen molar-refractivity contribution in [1.29, 1.82) is 0 Å². The Labute approximate surface area is 119 Å². The lowest BCUT2D eigenvalue weighted by atomic mass is 10.0. The molecule has 1 heterocycles. The molecule has 1 aliphatic heterocycles. The first-order valence-corrected chi connectivity index (χ1v) is 7.92. The standard InChI is InChI=1S/C17H19NS/c1-2-13-7-9-14(10-8-13)18-16-11-12-19-17-6-4-3-5-15(16)17/h3-10,16,18H,2,11-12H2,1H3. The van der Waals surface area contributed by atoms with Crippen molar-refractivity contribution in [2.24, 2.45) is 0 Å². The monoisotopic (exact) mass is 269 g/mol. The third kappa shape index (κ3) is 2.79. The zero-order valence-electron chi connectivity index (χ0n) is 11.2. The molecule has 1 aliphatic rings. The summed E-state index contributed by atoms with van der Waals surface area (Å²) in [5.74, 6) is 1.20. The minimum absolute atomic E-state index is 0.449. The Bertz CT molecular complexity index is 547. The van der Waals surface area contributed by atoms with Gasteiger partial charge in [-0.25, -0.2) is 0 Å². The highest BCUT2D eigenvalue weighted by Gasteiger charge is 2.19. The van der Waals surface area contributed by atoms with Crippen LogP contribution in [0.2, 0.25) is 0 Å². The largest absolute Gasteiger partial charge is 0.378 e. The van der Waals surface area contributed by atoms with Crippen molar-refractivity contribution >= 4 is 17.4 Å². The van der Waals surface area contributed by atoms with Crippen LogP contribution in [0.25, 0.3) is 0 Å². The summed E-state index contributed by atoms with van der Waals surface area (Å²) in [6, 6.07) is 18.0. The Balaban J connectivity index is 1.80. The summed E-state index contributed by atoms with van der Waals surface area (Å²) < 4.78 is 0. The molecule has 0 spiro atoms. The number of hydrogen-bond donors (Lipinski definition) is 1. The highest BCUT2D eigenvalue weighted by atomic mass is 32.2. The zero-order chi connectivity index (χ0) is 13.1. The molecule has 2 aromatic carbocycles. The number of anilines is 1. The van der Waals surface area contributed by atoms with Crippen LogP contribution < -0.4 is 5.32 Å². The molecule has 19 heavy (non-hydrogen) atoms. The predicted octanol–water partition coefficient (Wildman–Crippen LogP) is 4.90. The molecule has 0 saturated carbocycles. The number of aryl methyl sites for hydroxylation is 1. The lowest BCUT2D eigenvalue weighted by Crippen LogP contribution is -2.15. The number of rotatable bonds is 3. The molecule has 1 unspecified atom stereocenters. The van der Waals surface area contributed by atoms with Gasteiger partial charge in [-0.1, -0.05) is 37.3 Å². The van der Waals surface area contributed by atoms with Crippen molar-refractivity contribution in [2.75, 3.05) is 11.1 Å². The summed E-state index contributed by atoms with van der Waals surface area (Å²) in [6.45, 7) is 2.19. The van der Waals surface area contributed by atoms with Gasteiger partial charge in [-0.3, -0.25) is 0 Å². The summed E-state index contributed by atoms with van der Waals surface area (Å²) in [5.41, 5.74) is 4.06. The Morgan fingerprint density at radius 1 is 1.11 bits per heavy atom. The van der Waals surface area contributed by atoms with Crippen LogP contribution in [0, 0.1) is 0 Å². The van der Waals surface area contributed by atoms with Gasteiger partial charge in [0, 0.05) is 16.3 Å². The van der Waals surface area contributed by atoms with Gasteiger partial charge in [-0.15, -0.1) is 11.8 Å². The smallest absolute Gasteiger partial charge is 0.0532 e. The number of hydrogen-bond acceptors (Lipinski definition) is 2. The van der Waals surface area contributed by atoms with Crippen molar-refractivity contribution in [3.8, 4) is 0 Å². The molecule has 0 bridgehead atoms. The maximum absolute atomic E-state index is 3.68. The second-order valence-electron chi connectivity index (χ2n) is 4.92. The molecule has 0 aliphatic carbocycles. The third-order valence-corrected chi connectivity index (χ3v) is 4.78. The van der Waals surface area contributed by atoms with Crippen molar-refractivity contribution in [3.63, 3.8) is 0 Å². The van der Waals surface area contributed by atoms with Crippen LogP contribution in [0.1, 0.15) is 30.5 Å². The van der Waals surface area contributed by atoms with Gasteiger partial charge in [0.25, 0.3) is 0 Å². The predicted molar refractivity (Wildman–Crippen MR) is 84.0 cm³/mol. The van der Waals surface area contributed by atoms with Gasteiger partial charge in [0.15, 0.2) is 0 Å². The van der Waals surface area contributed by atoms with Gasteiger partial charge in [-0.2, -0.15) is 0 Å². The van der Waals surface area contributed by atoms with Crippen LogP contribution in [0.15, 0.2) is 53.4 Å². The van der Waals surface area contributed by atoms with Crippen LogP contribution >= 0.6 is 11.8 Å². The first-order chi connectivity index (χ1) is 9.36. The number of benzene rings is 2. The van der Waals surface area contributed by atoms with E-state index in [2.05, 4.69) is 60.8 Å². The summed E-state index contributed by atoms with van der Waals surface area (Å²) in [7, 11) is 0. The van der Waals surface area contributed by atoms with E-state index in [1.807, 2.05) is 11.8 Å². The van der Waals surface area contributed by atoms with E-state index in [0.717, 1.165) is 6.42 Å². The summed E-state index contributed by atoms with van der Waals surface area (Å²) >= 11 is 1.97. The maximum Gasteiger partial charge on any atom is 0.0532 e. The fourth-order valence-electron chi connectivity index (χ4n) is 2.53. The molecule has 98 valence electrons. The van der Waals surface area contributed by atoms with Crippen LogP contribution in [0.4, 0.5) is 5.69 Å². The lowest BCUT2D eigenvalue weighted by Gasteiger charge is -2.26.